The number of rotatable bonds is 6. The number of carbonyl (C=O) groups excluding carboxylic acids is 1. The van der Waals surface area contributed by atoms with Crippen molar-refractivity contribution >= 4 is 28.9 Å². The summed E-state index contributed by atoms with van der Waals surface area (Å²) in [4.78, 5) is 21.5. The zero-order valence-corrected chi connectivity index (χ0v) is 14.6. The SMILES string of the molecule is C#Cc1cnc(-c2ccc(C(O)C(=O)OCC)s2)nc1Nc1cc[nH]n1. The summed E-state index contributed by atoms with van der Waals surface area (Å²) >= 11 is 1.20. The molecule has 0 saturated heterocycles. The average molecular weight is 369 g/mol. The van der Waals surface area contributed by atoms with Crippen LogP contribution in [-0.2, 0) is 9.53 Å². The lowest BCUT2D eigenvalue weighted by Gasteiger charge is -2.07. The molecule has 0 radical (unpaired) electrons. The van der Waals surface area contributed by atoms with Crippen molar-refractivity contribution in [2.75, 3.05) is 11.9 Å². The van der Waals surface area contributed by atoms with Gasteiger partial charge >= 0.3 is 5.97 Å². The molecule has 0 spiro atoms. The van der Waals surface area contributed by atoms with Crippen LogP contribution in [0.2, 0.25) is 0 Å². The van der Waals surface area contributed by atoms with Crippen molar-refractivity contribution in [1.29, 1.82) is 0 Å². The number of anilines is 2. The molecule has 132 valence electrons. The number of hydrogen-bond donors (Lipinski definition) is 3. The maximum Gasteiger partial charge on any atom is 0.340 e. The van der Waals surface area contributed by atoms with Gasteiger partial charge in [-0.05, 0) is 19.1 Å². The van der Waals surface area contributed by atoms with Crippen LogP contribution in [0.1, 0.15) is 23.5 Å². The van der Waals surface area contributed by atoms with Crippen LogP contribution in [0.5, 0.6) is 0 Å². The number of carbonyl (C=O) groups is 1. The number of aliphatic hydroxyl groups excluding tert-OH is 1. The average Bonchev–Trinajstić information content (AvgIpc) is 3.33. The van der Waals surface area contributed by atoms with E-state index in [1.807, 2.05) is 0 Å². The van der Waals surface area contributed by atoms with Crippen LogP contribution in [0.3, 0.4) is 0 Å². The lowest BCUT2D eigenvalue weighted by molar-refractivity contribution is -0.153. The maximum atomic E-state index is 11.7. The summed E-state index contributed by atoms with van der Waals surface area (Å²) in [6.07, 6.45) is 7.36. The molecule has 1 unspecified atom stereocenters. The van der Waals surface area contributed by atoms with Gasteiger partial charge in [0.2, 0.25) is 0 Å². The Morgan fingerprint density at radius 1 is 1.50 bits per heavy atom. The first-order valence-electron chi connectivity index (χ1n) is 7.67. The van der Waals surface area contributed by atoms with Crippen molar-refractivity contribution < 1.29 is 14.6 Å². The number of terminal acetylenes is 1. The molecule has 26 heavy (non-hydrogen) atoms. The highest BCUT2D eigenvalue weighted by Gasteiger charge is 2.21. The molecule has 3 aromatic rings. The Morgan fingerprint density at radius 3 is 3.04 bits per heavy atom. The standard InChI is InChI=1S/C17H15N5O3S/c1-3-10-9-18-16(21-15(10)20-13-7-8-19-22-13)12-6-5-11(26-12)14(23)17(24)25-4-2/h1,5-9,14,23H,4H2,2H3,(H2,18,19,20,21,22). The molecule has 1 atom stereocenters. The van der Waals surface area contributed by atoms with Gasteiger partial charge in [-0.3, -0.25) is 5.10 Å². The first-order chi connectivity index (χ1) is 12.6. The molecule has 0 saturated carbocycles. The molecule has 3 aromatic heterocycles. The van der Waals surface area contributed by atoms with Gasteiger partial charge in [-0.25, -0.2) is 14.8 Å². The third-order valence-corrected chi connectivity index (χ3v) is 4.45. The normalized spacial score (nSPS) is 11.6. The van der Waals surface area contributed by atoms with E-state index in [0.29, 0.717) is 32.8 Å². The number of esters is 1. The van der Waals surface area contributed by atoms with Crippen molar-refractivity contribution in [1.82, 2.24) is 20.2 Å². The highest BCUT2D eigenvalue weighted by molar-refractivity contribution is 7.15. The fraction of sp³-hybridized carbons (Fsp3) is 0.176. The highest BCUT2D eigenvalue weighted by atomic mass is 32.1. The number of nitrogens with zero attached hydrogens (tertiary/aromatic N) is 3. The van der Waals surface area contributed by atoms with Crippen molar-refractivity contribution in [2.45, 2.75) is 13.0 Å². The van der Waals surface area contributed by atoms with Crippen LogP contribution in [0, 0.1) is 12.3 Å². The Morgan fingerprint density at radius 2 is 2.35 bits per heavy atom. The second-order valence-corrected chi connectivity index (χ2v) is 6.16. The van der Waals surface area contributed by atoms with Crippen LogP contribution in [0.15, 0.2) is 30.6 Å². The number of thiophene rings is 1. The van der Waals surface area contributed by atoms with E-state index >= 15 is 0 Å². The molecule has 0 aliphatic carbocycles. The van der Waals surface area contributed by atoms with E-state index in [1.165, 1.54) is 17.5 Å². The van der Waals surface area contributed by atoms with Crippen LogP contribution >= 0.6 is 11.3 Å². The van der Waals surface area contributed by atoms with E-state index in [4.69, 9.17) is 11.2 Å². The molecule has 0 aliphatic rings. The number of aliphatic hydroxyl groups is 1. The molecule has 3 N–H and O–H groups in total. The van der Waals surface area contributed by atoms with Gasteiger partial charge in [0.1, 0.15) is 0 Å². The Hall–Kier alpha value is -3.22. The minimum absolute atomic E-state index is 0.201. The summed E-state index contributed by atoms with van der Waals surface area (Å²) in [5.74, 6) is 3.24. The summed E-state index contributed by atoms with van der Waals surface area (Å²) in [5.41, 5.74) is 0.486. The van der Waals surface area contributed by atoms with Crippen molar-refractivity contribution in [3.05, 3.63) is 41.0 Å². The minimum Gasteiger partial charge on any atom is -0.464 e. The Kier molecular flexibility index (Phi) is 5.26. The summed E-state index contributed by atoms with van der Waals surface area (Å²) in [5, 5.41) is 19.8. The number of ether oxygens (including phenoxy) is 1. The van der Waals surface area contributed by atoms with Gasteiger partial charge in [-0.15, -0.1) is 17.8 Å². The molecule has 0 fully saturated rings. The number of aromatic nitrogens is 4. The van der Waals surface area contributed by atoms with Gasteiger partial charge in [0.15, 0.2) is 23.6 Å². The Bertz CT molecular complexity index is 946. The lowest BCUT2D eigenvalue weighted by Crippen LogP contribution is -2.14. The first kappa shape index (κ1) is 17.6. The number of nitrogens with one attached hydrogen (secondary N) is 2. The van der Waals surface area contributed by atoms with E-state index in [2.05, 4.69) is 31.4 Å². The quantitative estimate of drug-likeness (QED) is 0.451. The predicted molar refractivity (Wildman–Crippen MR) is 96.7 cm³/mol. The van der Waals surface area contributed by atoms with Gasteiger partial charge in [-0.2, -0.15) is 5.10 Å². The summed E-state index contributed by atoms with van der Waals surface area (Å²) in [6.45, 7) is 1.88. The smallest absolute Gasteiger partial charge is 0.340 e. The molecule has 0 aromatic carbocycles. The molecule has 9 heteroatoms. The minimum atomic E-state index is -1.33. The molecular formula is C17H15N5O3S. The molecule has 0 amide bonds. The molecule has 8 nitrogen and oxygen atoms in total. The zero-order valence-electron chi connectivity index (χ0n) is 13.8. The monoisotopic (exact) mass is 369 g/mol. The van der Waals surface area contributed by atoms with E-state index in [9.17, 15) is 9.90 Å². The summed E-state index contributed by atoms with van der Waals surface area (Å²) in [6, 6.07) is 5.10. The van der Waals surface area contributed by atoms with E-state index in [1.54, 1.807) is 31.3 Å². The van der Waals surface area contributed by atoms with Crippen LogP contribution < -0.4 is 5.32 Å². The van der Waals surface area contributed by atoms with Gasteiger partial charge in [0.25, 0.3) is 0 Å². The third kappa shape index (κ3) is 3.72. The molecule has 0 bridgehead atoms. The van der Waals surface area contributed by atoms with E-state index in [0.717, 1.165) is 0 Å². The Labute approximate surface area is 153 Å². The second kappa shape index (κ2) is 7.77. The number of H-pyrrole nitrogens is 1. The van der Waals surface area contributed by atoms with Crippen molar-refractivity contribution in [2.24, 2.45) is 0 Å². The van der Waals surface area contributed by atoms with Crippen molar-refractivity contribution in [3.63, 3.8) is 0 Å². The van der Waals surface area contributed by atoms with Crippen molar-refractivity contribution in [3.8, 4) is 23.0 Å². The summed E-state index contributed by atoms with van der Waals surface area (Å²) < 4.78 is 4.83. The molecular weight excluding hydrogens is 354 g/mol. The van der Waals surface area contributed by atoms with E-state index in [-0.39, 0.29) is 6.61 Å². The van der Waals surface area contributed by atoms with E-state index < -0.39 is 12.1 Å². The fourth-order valence-corrected chi connectivity index (χ4v) is 3.03. The van der Waals surface area contributed by atoms with Crippen LogP contribution in [0.4, 0.5) is 11.6 Å². The summed E-state index contributed by atoms with van der Waals surface area (Å²) in [7, 11) is 0. The lowest BCUT2D eigenvalue weighted by atomic mass is 10.3. The van der Waals surface area contributed by atoms with Gasteiger partial charge < -0.3 is 15.2 Å². The highest BCUT2D eigenvalue weighted by Crippen LogP contribution is 2.31. The van der Waals surface area contributed by atoms with Crippen LogP contribution in [-0.4, -0.2) is 37.8 Å². The van der Waals surface area contributed by atoms with Gasteiger partial charge in [0, 0.05) is 23.3 Å². The number of aromatic amines is 1. The topological polar surface area (TPSA) is 113 Å². The number of hydrogen-bond acceptors (Lipinski definition) is 8. The largest absolute Gasteiger partial charge is 0.464 e. The Balaban J connectivity index is 1.88. The second-order valence-electron chi connectivity index (χ2n) is 5.04. The third-order valence-electron chi connectivity index (χ3n) is 3.32. The molecule has 0 aliphatic heterocycles. The van der Waals surface area contributed by atoms with Gasteiger partial charge in [0.05, 0.1) is 17.0 Å². The zero-order chi connectivity index (χ0) is 18.5. The molecule has 3 rings (SSSR count). The first-order valence-corrected chi connectivity index (χ1v) is 8.49. The maximum absolute atomic E-state index is 11.7. The predicted octanol–water partition coefficient (Wildman–Crippen LogP) is 2.25. The van der Waals surface area contributed by atoms with Crippen LogP contribution in [0.25, 0.3) is 10.7 Å². The molecule has 3 heterocycles. The van der Waals surface area contributed by atoms with Gasteiger partial charge in [-0.1, -0.05) is 5.92 Å². The fourth-order valence-electron chi connectivity index (χ4n) is 2.11.